The molecule has 132 valence electrons. The topological polar surface area (TPSA) is 63.2 Å². The Balaban J connectivity index is 1.49. The zero-order chi connectivity index (χ0) is 17.3. The van der Waals surface area contributed by atoms with Gasteiger partial charge < -0.3 is 5.32 Å². The van der Waals surface area contributed by atoms with Crippen LogP contribution < -0.4 is 10.8 Å². The number of aromatic nitrogens is 1. The Morgan fingerprint density at radius 3 is 2.68 bits per heavy atom. The Morgan fingerprint density at radius 2 is 1.88 bits per heavy atom. The van der Waals surface area contributed by atoms with Gasteiger partial charge in [0, 0.05) is 24.6 Å². The number of hydroxylamine groups is 1. The number of anilines is 1. The molecule has 0 unspecified atom stereocenters. The number of pyridine rings is 1. The Bertz CT molecular complexity index is 670. The smallest absolute Gasteiger partial charge is 0.276 e. The van der Waals surface area contributed by atoms with Gasteiger partial charge in [0.15, 0.2) is 0 Å². The summed E-state index contributed by atoms with van der Waals surface area (Å²) in [5, 5.41) is 3.30. The van der Waals surface area contributed by atoms with E-state index in [-0.39, 0.29) is 5.91 Å². The van der Waals surface area contributed by atoms with Crippen molar-refractivity contribution in [2.24, 2.45) is 5.92 Å². The molecule has 1 aromatic heterocycles. The summed E-state index contributed by atoms with van der Waals surface area (Å²) in [4.78, 5) is 21.8. The van der Waals surface area contributed by atoms with E-state index in [2.05, 4.69) is 15.8 Å². The third-order valence-electron chi connectivity index (χ3n) is 4.67. The summed E-state index contributed by atoms with van der Waals surface area (Å²) in [7, 11) is 0. The normalized spacial score (nSPS) is 14.4. The lowest BCUT2D eigenvalue weighted by molar-refractivity contribution is 0.0265. The molecule has 1 heterocycles. The largest absolute Gasteiger partial charge is 0.380 e. The molecule has 1 aliphatic carbocycles. The summed E-state index contributed by atoms with van der Waals surface area (Å²) in [5.41, 5.74) is 5.05. The Hall–Kier alpha value is -2.40. The Morgan fingerprint density at radius 1 is 1.12 bits per heavy atom. The molecule has 0 bridgehead atoms. The fourth-order valence-corrected chi connectivity index (χ4v) is 3.23. The average molecular weight is 339 g/mol. The fraction of sp³-hybridized carbons (Fsp3) is 0.400. The first-order valence-corrected chi connectivity index (χ1v) is 8.97. The van der Waals surface area contributed by atoms with Gasteiger partial charge >= 0.3 is 0 Å². The number of para-hydroxylation sites is 1. The van der Waals surface area contributed by atoms with Crippen molar-refractivity contribution in [3.05, 3.63) is 59.9 Å². The van der Waals surface area contributed by atoms with Crippen LogP contribution in [0.5, 0.6) is 0 Å². The number of nitrogens with one attached hydrogen (secondary N) is 2. The van der Waals surface area contributed by atoms with Crippen molar-refractivity contribution in [3.8, 4) is 0 Å². The molecule has 1 saturated carbocycles. The van der Waals surface area contributed by atoms with E-state index in [9.17, 15) is 4.79 Å². The van der Waals surface area contributed by atoms with Gasteiger partial charge in [0.05, 0.1) is 12.2 Å². The highest BCUT2D eigenvalue weighted by Crippen LogP contribution is 2.27. The maximum atomic E-state index is 12.4. The van der Waals surface area contributed by atoms with E-state index in [1.54, 1.807) is 18.5 Å². The number of rotatable bonds is 8. The highest BCUT2D eigenvalue weighted by molar-refractivity contribution is 5.98. The number of nitrogens with zero attached hydrogens (tertiary/aromatic N) is 1. The molecule has 0 aliphatic heterocycles. The van der Waals surface area contributed by atoms with Crippen LogP contribution >= 0.6 is 0 Å². The zero-order valence-corrected chi connectivity index (χ0v) is 14.4. The van der Waals surface area contributed by atoms with Crippen LogP contribution in [0.1, 0.15) is 48.0 Å². The third kappa shape index (κ3) is 5.29. The summed E-state index contributed by atoms with van der Waals surface area (Å²) in [6.45, 7) is 1.21. The van der Waals surface area contributed by atoms with Crippen molar-refractivity contribution < 1.29 is 9.63 Å². The van der Waals surface area contributed by atoms with Crippen LogP contribution in [0, 0.1) is 5.92 Å². The highest BCUT2D eigenvalue weighted by atomic mass is 16.6. The minimum Gasteiger partial charge on any atom is -0.380 e. The minimum absolute atomic E-state index is 0.218. The van der Waals surface area contributed by atoms with E-state index >= 15 is 0 Å². The highest BCUT2D eigenvalue weighted by Gasteiger charge is 2.15. The van der Waals surface area contributed by atoms with E-state index in [1.165, 1.54) is 25.7 Å². The van der Waals surface area contributed by atoms with Crippen LogP contribution in [0.3, 0.4) is 0 Å². The zero-order valence-electron chi connectivity index (χ0n) is 14.4. The molecular weight excluding hydrogens is 314 g/mol. The predicted molar refractivity (Wildman–Crippen MR) is 98.0 cm³/mol. The minimum atomic E-state index is -0.218. The molecule has 2 aromatic rings. The van der Waals surface area contributed by atoms with E-state index in [1.807, 2.05) is 30.3 Å². The number of hydrogen-bond donors (Lipinski definition) is 2. The van der Waals surface area contributed by atoms with Crippen LogP contribution in [-0.2, 0) is 11.4 Å². The molecule has 0 radical (unpaired) electrons. The van der Waals surface area contributed by atoms with Crippen molar-refractivity contribution in [2.75, 3.05) is 11.9 Å². The molecule has 3 rings (SSSR count). The van der Waals surface area contributed by atoms with Gasteiger partial charge in [-0.2, -0.15) is 0 Å². The molecule has 0 saturated heterocycles. The first-order valence-electron chi connectivity index (χ1n) is 8.97. The quantitative estimate of drug-likeness (QED) is 0.565. The maximum Gasteiger partial charge on any atom is 0.276 e. The number of carbonyl (C=O) groups is 1. The van der Waals surface area contributed by atoms with Gasteiger partial charge in [-0.3, -0.25) is 14.6 Å². The fourth-order valence-electron chi connectivity index (χ4n) is 3.23. The molecule has 0 atom stereocenters. The molecule has 25 heavy (non-hydrogen) atoms. The van der Waals surface area contributed by atoms with Gasteiger partial charge in [0.25, 0.3) is 5.91 Å². The number of carbonyl (C=O) groups excluding carboxylic acids is 1. The first-order chi connectivity index (χ1) is 12.3. The molecular formula is C20H25N3O2. The number of hydrogen-bond acceptors (Lipinski definition) is 4. The monoisotopic (exact) mass is 339 g/mol. The van der Waals surface area contributed by atoms with Crippen molar-refractivity contribution in [3.63, 3.8) is 0 Å². The van der Waals surface area contributed by atoms with Crippen molar-refractivity contribution in [1.29, 1.82) is 0 Å². The number of amides is 1. The molecule has 5 nitrogen and oxygen atoms in total. The molecule has 1 aliphatic rings. The second kappa shape index (κ2) is 9.18. The van der Waals surface area contributed by atoms with Crippen molar-refractivity contribution in [2.45, 2.75) is 38.6 Å². The lowest BCUT2D eigenvalue weighted by Gasteiger charge is -2.13. The standard InChI is InChI=1S/C20H25N3O2/c24-20(23-25-14-11-16-5-1-2-6-16)18-7-3-4-8-19(18)22-15-17-9-12-21-13-10-17/h3-4,7-10,12-13,16,22H,1-2,5-6,11,14-15H2,(H,23,24). The maximum absolute atomic E-state index is 12.4. The van der Waals surface area contributed by atoms with Crippen LogP contribution in [0.15, 0.2) is 48.8 Å². The Kier molecular flexibility index (Phi) is 6.40. The van der Waals surface area contributed by atoms with Gasteiger partial charge in [-0.15, -0.1) is 0 Å². The third-order valence-corrected chi connectivity index (χ3v) is 4.67. The lowest BCUT2D eigenvalue weighted by atomic mass is 10.1. The molecule has 5 heteroatoms. The SMILES string of the molecule is O=C(NOCCC1CCCC1)c1ccccc1NCc1ccncc1. The second-order valence-corrected chi connectivity index (χ2v) is 6.47. The van der Waals surface area contributed by atoms with E-state index in [0.29, 0.717) is 18.7 Å². The summed E-state index contributed by atoms with van der Waals surface area (Å²) in [5.74, 6) is 0.537. The van der Waals surface area contributed by atoms with Crippen LogP contribution in [0.4, 0.5) is 5.69 Å². The van der Waals surface area contributed by atoms with E-state index in [0.717, 1.165) is 23.6 Å². The average Bonchev–Trinajstić information content (AvgIpc) is 3.18. The first kappa shape index (κ1) is 17.4. The van der Waals surface area contributed by atoms with Crippen molar-refractivity contribution in [1.82, 2.24) is 10.5 Å². The predicted octanol–water partition coefficient (Wildman–Crippen LogP) is 3.94. The van der Waals surface area contributed by atoms with Crippen LogP contribution in [0.25, 0.3) is 0 Å². The Labute approximate surface area is 148 Å². The van der Waals surface area contributed by atoms with Crippen LogP contribution in [0.2, 0.25) is 0 Å². The van der Waals surface area contributed by atoms with Crippen molar-refractivity contribution >= 4 is 11.6 Å². The molecule has 2 N–H and O–H groups in total. The van der Waals surface area contributed by atoms with Gasteiger partial charge in [0.2, 0.25) is 0 Å². The molecule has 1 fully saturated rings. The molecule has 1 amide bonds. The van der Waals surface area contributed by atoms with Gasteiger partial charge in [-0.05, 0) is 42.2 Å². The van der Waals surface area contributed by atoms with Crippen LogP contribution in [-0.4, -0.2) is 17.5 Å². The van der Waals surface area contributed by atoms with Gasteiger partial charge in [0.1, 0.15) is 0 Å². The summed E-state index contributed by atoms with van der Waals surface area (Å²) < 4.78 is 0. The second-order valence-electron chi connectivity index (χ2n) is 6.47. The van der Waals surface area contributed by atoms with E-state index < -0.39 is 0 Å². The number of benzene rings is 1. The van der Waals surface area contributed by atoms with E-state index in [4.69, 9.17) is 4.84 Å². The molecule has 1 aromatic carbocycles. The summed E-state index contributed by atoms with van der Waals surface area (Å²) >= 11 is 0. The summed E-state index contributed by atoms with van der Waals surface area (Å²) in [6, 6.07) is 11.3. The summed E-state index contributed by atoms with van der Waals surface area (Å²) in [6.07, 6.45) is 9.77. The van der Waals surface area contributed by atoms with Gasteiger partial charge in [-0.1, -0.05) is 37.8 Å². The van der Waals surface area contributed by atoms with Gasteiger partial charge in [-0.25, -0.2) is 5.48 Å². The molecule has 0 spiro atoms. The lowest BCUT2D eigenvalue weighted by Crippen LogP contribution is -2.25.